The summed E-state index contributed by atoms with van der Waals surface area (Å²) in [6.07, 6.45) is 5.15. The van der Waals surface area contributed by atoms with Gasteiger partial charge in [-0.15, -0.1) is 0 Å². The first-order valence-electron chi connectivity index (χ1n) is 11.8. The first-order valence-corrected chi connectivity index (χ1v) is 14.4. The van der Waals surface area contributed by atoms with Crippen LogP contribution in [0.2, 0.25) is 18.1 Å². The minimum absolute atomic E-state index is 0.230. The smallest absolute Gasteiger partial charge is 0.192 e. The number of ether oxygens (including phenoxy) is 3. The van der Waals surface area contributed by atoms with Gasteiger partial charge in [-0.05, 0) is 36.2 Å². The summed E-state index contributed by atoms with van der Waals surface area (Å²) in [5.41, 5.74) is 1.10. The van der Waals surface area contributed by atoms with Gasteiger partial charge in [-0.3, -0.25) is 0 Å². The molecule has 1 aromatic carbocycles. The summed E-state index contributed by atoms with van der Waals surface area (Å²) in [6.45, 7) is 9.59. The van der Waals surface area contributed by atoms with Crippen molar-refractivity contribution in [2.75, 3.05) is 13.7 Å². The molecule has 1 fully saturated rings. The van der Waals surface area contributed by atoms with Gasteiger partial charge in [-0.25, -0.2) is 0 Å². The average Bonchev–Trinajstić information content (AvgIpc) is 2.78. The Morgan fingerprint density at radius 2 is 1.81 bits per heavy atom. The summed E-state index contributed by atoms with van der Waals surface area (Å²) in [7, 11) is -0.195. The van der Waals surface area contributed by atoms with Crippen LogP contribution in [0.3, 0.4) is 0 Å². The SMILES string of the molecule is CCC/C=C/C1(O)CC(O[Si](CC)(CC)CC)C(OC)C(COCc2ccccc2)O1. The van der Waals surface area contributed by atoms with E-state index >= 15 is 0 Å². The zero-order valence-corrected chi connectivity index (χ0v) is 21.0. The lowest BCUT2D eigenvalue weighted by atomic mass is 9.95. The third-order valence-corrected chi connectivity index (χ3v) is 11.1. The van der Waals surface area contributed by atoms with Crippen LogP contribution >= 0.6 is 0 Å². The van der Waals surface area contributed by atoms with Crippen LogP contribution in [0.5, 0.6) is 0 Å². The molecule has 1 N–H and O–H groups in total. The third-order valence-electron chi connectivity index (χ3n) is 6.42. The summed E-state index contributed by atoms with van der Waals surface area (Å²) in [5, 5.41) is 11.3. The Kier molecular flexibility index (Phi) is 10.9. The molecule has 5 nitrogen and oxygen atoms in total. The number of unbranched alkanes of at least 4 members (excludes halogenated alkanes) is 1. The van der Waals surface area contributed by atoms with E-state index in [9.17, 15) is 5.11 Å². The van der Waals surface area contributed by atoms with Crippen LogP contribution in [0.15, 0.2) is 42.5 Å². The molecular weight excluding hydrogens is 408 g/mol. The molecule has 0 spiro atoms. The number of hydrogen-bond donors (Lipinski definition) is 1. The standard InChI is InChI=1S/C25H42O5Si/c1-6-10-14-17-25(26)18-22(30-31(7-2,8-3)9-4)24(27-5)23(29-25)20-28-19-21-15-12-11-13-16-21/h11-17,22-24,26H,6-10,18-20H2,1-5H3/b17-14+. The van der Waals surface area contributed by atoms with E-state index in [4.69, 9.17) is 18.6 Å². The van der Waals surface area contributed by atoms with Gasteiger partial charge in [0.15, 0.2) is 14.1 Å². The molecule has 31 heavy (non-hydrogen) atoms. The van der Waals surface area contributed by atoms with Crippen LogP contribution in [0.25, 0.3) is 0 Å². The first kappa shape index (κ1) is 26.2. The molecular formula is C25H42O5Si. The van der Waals surface area contributed by atoms with Crippen molar-refractivity contribution in [2.24, 2.45) is 0 Å². The molecule has 0 bridgehead atoms. The molecule has 0 aliphatic carbocycles. The zero-order chi connectivity index (χ0) is 22.7. The lowest BCUT2D eigenvalue weighted by molar-refractivity contribution is -0.285. The van der Waals surface area contributed by atoms with Crippen LogP contribution < -0.4 is 0 Å². The molecule has 4 atom stereocenters. The molecule has 6 heteroatoms. The molecule has 0 amide bonds. The fourth-order valence-corrected chi connectivity index (χ4v) is 7.15. The van der Waals surface area contributed by atoms with Crippen LogP contribution in [0.4, 0.5) is 0 Å². The average molecular weight is 451 g/mol. The highest BCUT2D eigenvalue weighted by Gasteiger charge is 2.48. The van der Waals surface area contributed by atoms with Gasteiger partial charge in [0, 0.05) is 13.5 Å². The number of hydrogen-bond acceptors (Lipinski definition) is 5. The fraction of sp³-hybridized carbons (Fsp3) is 0.680. The maximum absolute atomic E-state index is 11.3. The van der Waals surface area contributed by atoms with Crippen LogP contribution in [-0.2, 0) is 25.2 Å². The van der Waals surface area contributed by atoms with Crippen molar-refractivity contribution >= 4 is 8.32 Å². The molecule has 1 saturated heterocycles. The number of allylic oxidation sites excluding steroid dienone is 1. The molecule has 0 radical (unpaired) electrons. The van der Waals surface area contributed by atoms with E-state index in [1.807, 2.05) is 36.4 Å². The maximum Gasteiger partial charge on any atom is 0.192 e. The Hall–Kier alpha value is -1.02. The van der Waals surface area contributed by atoms with E-state index in [0.717, 1.165) is 36.5 Å². The van der Waals surface area contributed by atoms with E-state index in [2.05, 4.69) is 27.7 Å². The second-order valence-electron chi connectivity index (χ2n) is 8.50. The second-order valence-corrected chi connectivity index (χ2v) is 13.2. The molecule has 176 valence electrons. The minimum Gasteiger partial charge on any atom is -0.411 e. The Bertz CT molecular complexity index is 640. The van der Waals surface area contributed by atoms with Crippen molar-refractivity contribution < 1.29 is 23.7 Å². The van der Waals surface area contributed by atoms with Gasteiger partial charge >= 0.3 is 0 Å². The summed E-state index contributed by atoms with van der Waals surface area (Å²) >= 11 is 0. The highest BCUT2D eigenvalue weighted by atomic mass is 28.4. The van der Waals surface area contributed by atoms with E-state index in [0.29, 0.717) is 19.6 Å². The van der Waals surface area contributed by atoms with Crippen molar-refractivity contribution in [1.82, 2.24) is 0 Å². The fourth-order valence-electron chi connectivity index (χ4n) is 4.29. The third kappa shape index (κ3) is 7.51. The molecule has 4 unspecified atom stereocenters. The predicted molar refractivity (Wildman–Crippen MR) is 127 cm³/mol. The normalized spacial score (nSPS) is 27.1. The Morgan fingerprint density at radius 1 is 1.13 bits per heavy atom. The molecule has 0 saturated carbocycles. The van der Waals surface area contributed by atoms with Crippen molar-refractivity contribution in [3.63, 3.8) is 0 Å². The largest absolute Gasteiger partial charge is 0.411 e. The van der Waals surface area contributed by atoms with Gasteiger partial charge in [0.1, 0.15) is 12.2 Å². The zero-order valence-electron chi connectivity index (χ0n) is 20.0. The molecule has 0 aromatic heterocycles. The number of methoxy groups -OCH3 is 1. The van der Waals surface area contributed by atoms with E-state index < -0.39 is 20.2 Å². The highest BCUT2D eigenvalue weighted by Crippen LogP contribution is 2.36. The minimum atomic E-state index is -1.89. The van der Waals surface area contributed by atoms with Crippen LogP contribution in [0.1, 0.15) is 52.5 Å². The summed E-state index contributed by atoms with van der Waals surface area (Å²) in [5.74, 6) is -1.37. The lowest BCUT2D eigenvalue weighted by Crippen LogP contribution is -2.59. The van der Waals surface area contributed by atoms with E-state index in [1.165, 1.54) is 0 Å². The highest BCUT2D eigenvalue weighted by molar-refractivity contribution is 6.73. The Balaban J connectivity index is 2.19. The number of benzene rings is 1. The summed E-state index contributed by atoms with van der Waals surface area (Å²) < 4.78 is 24.8. The van der Waals surface area contributed by atoms with Gasteiger partial charge in [-0.2, -0.15) is 0 Å². The van der Waals surface area contributed by atoms with Crippen molar-refractivity contribution in [3.8, 4) is 0 Å². The maximum atomic E-state index is 11.3. The van der Waals surface area contributed by atoms with Crippen molar-refractivity contribution in [1.29, 1.82) is 0 Å². The summed E-state index contributed by atoms with van der Waals surface area (Å²) in [4.78, 5) is 0. The first-order chi connectivity index (χ1) is 14.9. The molecule has 1 aromatic rings. The molecule has 1 aliphatic rings. The molecule has 1 heterocycles. The molecule has 1 aliphatic heterocycles. The quantitative estimate of drug-likeness (QED) is 0.320. The van der Waals surface area contributed by atoms with Gasteiger partial charge in [0.2, 0.25) is 0 Å². The Labute approximate surface area is 189 Å². The van der Waals surface area contributed by atoms with Gasteiger partial charge in [0.25, 0.3) is 0 Å². The topological polar surface area (TPSA) is 57.2 Å². The van der Waals surface area contributed by atoms with E-state index in [-0.39, 0.29) is 12.2 Å². The molecule has 2 rings (SSSR count). The lowest BCUT2D eigenvalue weighted by Gasteiger charge is -2.47. The Morgan fingerprint density at radius 3 is 2.39 bits per heavy atom. The number of aliphatic hydroxyl groups is 1. The van der Waals surface area contributed by atoms with E-state index in [1.54, 1.807) is 13.2 Å². The monoisotopic (exact) mass is 450 g/mol. The van der Waals surface area contributed by atoms with Crippen LogP contribution in [0, 0.1) is 0 Å². The van der Waals surface area contributed by atoms with Crippen molar-refractivity contribution in [2.45, 2.75) is 95.8 Å². The van der Waals surface area contributed by atoms with Gasteiger partial charge in [0.05, 0.1) is 19.3 Å². The van der Waals surface area contributed by atoms with Gasteiger partial charge in [-0.1, -0.05) is 70.5 Å². The van der Waals surface area contributed by atoms with Crippen LogP contribution in [-0.4, -0.2) is 51.2 Å². The predicted octanol–water partition coefficient (Wildman–Crippen LogP) is 5.44. The number of rotatable bonds is 13. The van der Waals surface area contributed by atoms with Crippen molar-refractivity contribution in [3.05, 3.63) is 48.0 Å². The van der Waals surface area contributed by atoms with Gasteiger partial charge < -0.3 is 23.7 Å². The second kappa shape index (κ2) is 12.9. The summed E-state index contributed by atoms with van der Waals surface area (Å²) in [6, 6.07) is 13.2.